The number of amides is 1. The molecule has 2 aliphatic heterocycles. The number of piperazine rings is 1. The number of carbonyl (C=O) groups is 1. The van der Waals surface area contributed by atoms with Crippen molar-refractivity contribution in [1.29, 1.82) is 0 Å². The summed E-state index contributed by atoms with van der Waals surface area (Å²) in [5, 5.41) is 5.23. The third-order valence-corrected chi connectivity index (χ3v) is 5.14. The van der Waals surface area contributed by atoms with E-state index in [1.54, 1.807) is 11.0 Å². The molecule has 2 aliphatic rings. The Hall–Kier alpha value is -2.22. The van der Waals surface area contributed by atoms with E-state index >= 15 is 0 Å². The summed E-state index contributed by atoms with van der Waals surface area (Å²) in [4.78, 5) is 25.3. The van der Waals surface area contributed by atoms with Gasteiger partial charge in [0.1, 0.15) is 12.1 Å². The number of ether oxygens (including phenoxy) is 1. The second-order valence-electron chi connectivity index (χ2n) is 6.74. The van der Waals surface area contributed by atoms with Crippen LogP contribution < -0.4 is 4.90 Å². The predicted octanol–water partition coefficient (Wildman–Crippen LogP) is 0.971. The summed E-state index contributed by atoms with van der Waals surface area (Å²) >= 11 is 0. The van der Waals surface area contributed by atoms with Gasteiger partial charge in [0.25, 0.3) is 0 Å². The summed E-state index contributed by atoms with van der Waals surface area (Å²) in [5.74, 6) is 1.15. The van der Waals surface area contributed by atoms with Gasteiger partial charge in [-0.05, 0) is 19.3 Å². The fourth-order valence-electron chi connectivity index (χ4n) is 3.68. The molecule has 1 atom stereocenters. The number of hydrogen-bond donors (Lipinski definition) is 0. The zero-order valence-corrected chi connectivity index (χ0v) is 14.6. The number of fused-ring (bicyclic) bond motifs is 1. The Labute approximate surface area is 146 Å². The Morgan fingerprint density at radius 3 is 2.88 bits per heavy atom. The molecule has 8 nitrogen and oxygen atoms in total. The molecule has 2 aromatic heterocycles. The molecule has 0 N–H and O–H groups in total. The maximum absolute atomic E-state index is 12.4. The zero-order chi connectivity index (χ0) is 17.2. The Bertz CT molecular complexity index is 747. The van der Waals surface area contributed by atoms with Gasteiger partial charge in [0.15, 0.2) is 5.65 Å². The van der Waals surface area contributed by atoms with Crippen LogP contribution in [0, 0.1) is 0 Å². The molecule has 0 saturated carbocycles. The van der Waals surface area contributed by atoms with Crippen molar-refractivity contribution >= 4 is 22.8 Å². The first-order chi connectivity index (χ1) is 12.2. The van der Waals surface area contributed by atoms with E-state index in [9.17, 15) is 4.79 Å². The molecule has 25 heavy (non-hydrogen) atoms. The average Bonchev–Trinajstić information content (AvgIpc) is 3.30. The molecule has 134 valence electrons. The van der Waals surface area contributed by atoms with Crippen molar-refractivity contribution in [3.8, 4) is 0 Å². The van der Waals surface area contributed by atoms with Crippen LogP contribution in [0.3, 0.4) is 0 Å². The lowest BCUT2D eigenvalue weighted by Gasteiger charge is -2.35. The molecule has 0 unspecified atom stereocenters. The van der Waals surface area contributed by atoms with Gasteiger partial charge in [-0.15, -0.1) is 0 Å². The number of rotatable bonds is 4. The van der Waals surface area contributed by atoms with E-state index in [1.165, 1.54) is 0 Å². The van der Waals surface area contributed by atoms with Crippen molar-refractivity contribution < 1.29 is 9.53 Å². The van der Waals surface area contributed by atoms with Gasteiger partial charge in [0, 0.05) is 46.3 Å². The van der Waals surface area contributed by atoms with E-state index < -0.39 is 0 Å². The summed E-state index contributed by atoms with van der Waals surface area (Å²) in [7, 11) is 1.88. The molecule has 1 amide bonds. The van der Waals surface area contributed by atoms with Crippen LogP contribution in [0.15, 0.2) is 12.5 Å². The number of aromatic nitrogens is 4. The zero-order valence-electron chi connectivity index (χ0n) is 14.6. The molecule has 0 bridgehead atoms. The maximum atomic E-state index is 12.4. The van der Waals surface area contributed by atoms with Crippen LogP contribution >= 0.6 is 0 Å². The molecular formula is C17H24N6O2. The first-order valence-electron chi connectivity index (χ1n) is 8.99. The minimum atomic E-state index is 0.240. The number of nitrogens with zero attached hydrogens (tertiary/aromatic N) is 6. The van der Waals surface area contributed by atoms with E-state index in [0.717, 1.165) is 68.9 Å². The molecule has 8 heteroatoms. The quantitative estimate of drug-likeness (QED) is 0.823. The van der Waals surface area contributed by atoms with Crippen molar-refractivity contribution in [2.24, 2.45) is 7.05 Å². The molecule has 4 rings (SSSR count). The standard InChI is InChI=1S/C17H24N6O2/c1-21-16-14(11-20-21)17(19-12-18-16)23-8-6-22(7-9-23)15(24)5-4-13-3-2-10-25-13/h11-13H,2-10H2,1H3/t13-/m1/s1. The Morgan fingerprint density at radius 2 is 2.12 bits per heavy atom. The second-order valence-corrected chi connectivity index (χ2v) is 6.74. The SMILES string of the molecule is Cn1ncc2c(N3CCN(C(=O)CC[C@H]4CCCO4)CC3)ncnc21. The summed E-state index contributed by atoms with van der Waals surface area (Å²) in [6, 6.07) is 0. The third kappa shape index (κ3) is 3.30. The lowest BCUT2D eigenvalue weighted by atomic mass is 10.1. The van der Waals surface area contributed by atoms with Gasteiger partial charge < -0.3 is 14.5 Å². The summed E-state index contributed by atoms with van der Waals surface area (Å²) < 4.78 is 7.36. The molecule has 2 saturated heterocycles. The van der Waals surface area contributed by atoms with Gasteiger partial charge in [-0.2, -0.15) is 5.10 Å². The van der Waals surface area contributed by atoms with Gasteiger partial charge in [0.2, 0.25) is 5.91 Å². The van der Waals surface area contributed by atoms with E-state index in [-0.39, 0.29) is 12.0 Å². The van der Waals surface area contributed by atoms with Gasteiger partial charge in [-0.3, -0.25) is 9.48 Å². The van der Waals surface area contributed by atoms with E-state index in [0.29, 0.717) is 6.42 Å². The summed E-state index contributed by atoms with van der Waals surface area (Å²) in [6.45, 7) is 3.88. The van der Waals surface area contributed by atoms with Gasteiger partial charge in [0.05, 0.1) is 17.7 Å². The molecule has 4 heterocycles. The highest BCUT2D eigenvalue weighted by Gasteiger charge is 2.25. The van der Waals surface area contributed by atoms with Gasteiger partial charge in [-0.25, -0.2) is 9.97 Å². The smallest absolute Gasteiger partial charge is 0.222 e. The monoisotopic (exact) mass is 344 g/mol. The molecule has 0 aliphatic carbocycles. The first-order valence-corrected chi connectivity index (χ1v) is 8.99. The molecular weight excluding hydrogens is 320 g/mol. The van der Waals surface area contributed by atoms with Crippen molar-refractivity contribution in [2.45, 2.75) is 31.8 Å². The van der Waals surface area contributed by atoms with Gasteiger partial charge >= 0.3 is 0 Å². The van der Waals surface area contributed by atoms with Gasteiger partial charge in [-0.1, -0.05) is 0 Å². The largest absolute Gasteiger partial charge is 0.378 e. The average molecular weight is 344 g/mol. The lowest BCUT2D eigenvalue weighted by Crippen LogP contribution is -2.49. The fourth-order valence-corrected chi connectivity index (χ4v) is 3.68. The minimum absolute atomic E-state index is 0.240. The molecule has 0 aromatic carbocycles. The third-order valence-electron chi connectivity index (χ3n) is 5.14. The summed E-state index contributed by atoms with van der Waals surface area (Å²) in [6.07, 6.45) is 7.33. The second kappa shape index (κ2) is 6.95. The Balaban J connectivity index is 1.35. The van der Waals surface area contributed by atoms with Crippen molar-refractivity contribution in [1.82, 2.24) is 24.6 Å². The molecule has 2 aromatic rings. The van der Waals surface area contributed by atoms with E-state index in [1.807, 2.05) is 18.1 Å². The first kappa shape index (κ1) is 16.3. The molecule has 2 fully saturated rings. The Morgan fingerprint density at radius 1 is 1.28 bits per heavy atom. The van der Waals surface area contributed by atoms with Crippen LogP contribution in [0.25, 0.3) is 11.0 Å². The van der Waals surface area contributed by atoms with Crippen LogP contribution in [0.4, 0.5) is 5.82 Å². The van der Waals surface area contributed by atoms with Crippen molar-refractivity contribution in [2.75, 3.05) is 37.7 Å². The van der Waals surface area contributed by atoms with Crippen LogP contribution in [-0.2, 0) is 16.6 Å². The van der Waals surface area contributed by atoms with Crippen LogP contribution in [0.1, 0.15) is 25.7 Å². The highest BCUT2D eigenvalue weighted by atomic mass is 16.5. The fraction of sp³-hybridized carbons (Fsp3) is 0.647. The van der Waals surface area contributed by atoms with Crippen LogP contribution in [0.5, 0.6) is 0 Å². The number of anilines is 1. The summed E-state index contributed by atoms with van der Waals surface area (Å²) in [5.41, 5.74) is 0.833. The predicted molar refractivity (Wildman–Crippen MR) is 93.3 cm³/mol. The number of hydrogen-bond acceptors (Lipinski definition) is 6. The van der Waals surface area contributed by atoms with E-state index in [4.69, 9.17) is 4.74 Å². The highest BCUT2D eigenvalue weighted by Crippen LogP contribution is 2.23. The highest BCUT2D eigenvalue weighted by molar-refractivity contribution is 5.86. The maximum Gasteiger partial charge on any atom is 0.222 e. The normalized spacial score (nSPS) is 21.2. The number of carbonyl (C=O) groups excluding carboxylic acids is 1. The minimum Gasteiger partial charge on any atom is -0.378 e. The molecule has 0 spiro atoms. The molecule has 0 radical (unpaired) electrons. The number of aryl methyl sites for hydroxylation is 1. The van der Waals surface area contributed by atoms with E-state index in [2.05, 4.69) is 20.0 Å². The van der Waals surface area contributed by atoms with Crippen LogP contribution in [-0.4, -0.2) is 69.4 Å². The lowest BCUT2D eigenvalue weighted by molar-refractivity contribution is -0.132. The van der Waals surface area contributed by atoms with Crippen molar-refractivity contribution in [3.63, 3.8) is 0 Å². The van der Waals surface area contributed by atoms with Crippen molar-refractivity contribution in [3.05, 3.63) is 12.5 Å². The Kier molecular flexibility index (Phi) is 4.52. The topological polar surface area (TPSA) is 76.4 Å². The van der Waals surface area contributed by atoms with Crippen LogP contribution in [0.2, 0.25) is 0 Å².